The number of amides is 4. The number of aryl methyl sites for hydroxylation is 1. The number of benzene rings is 2. The van der Waals surface area contributed by atoms with E-state index in [0.29, 0.717) is 11.4 Å². The van der Waals surface area contributed by atoms with Gasteiger partial charge < -0.3 is 15.4 Å². The van der Waals surface area contributed by atoms with Crippen LogP contribution in [0.5, 0.6) is 5.75 Å². The van der Waals surface area contributed by atoms with Crippen molar-refractivity contribution in [3.63, 3.8) is 0 Å². The van der Waals surface area contributed by atoms with E-state index in [1.165, 1.54) is 0 Å². The number of imide groups is 1. The molecule has 7 heteroatoms. The number of nitrogens with one attached hydrogen (secondary N) is 2. The molecule has 26 heavy (non-hydrogen) atoms. The Morgan fingerprint density at radius 3 is 2.73 bits per heavy atom. The summed E-state index contributed by atoms with van der Waals surface area (Å²) in [6.07, 6.45) is 0. The number of carbonyl (C=O) groups excluding carboxylic acids is 3. The van der Waals surface area contributed by atoms with Crippen LogP contribution in [0.1, 0.15) is 11.1 Å². The topological polar surface area (TPSA) is 87.7 Å². The first-order chi connectivity index (χ1) is 12.5. The quantitative estimate of drug-likeness (QED) is 0.778. The molecule has 0 saturated carbocycles. The molecule has 2 aromatic rings. The SMILES string of the molecule is Cc1ccccc1OCC(=O)Nc1cccc(CN2C(=O)CNC2=O)c1. The van der Waals surface area contributed by atoms with E-state index in [1.54, 1.807) is 30.3 Å². The molecule has 1 heterocycles. The Kier molecular flexibility index (Phi) is 5.17. The van der Waals surface area contributed by atoms with Gasteiger partial charge >= 0.3 is 6.03 Å². The molecule has 3 rings (SSSR count). The van der Waals surface area contributed by atoms with Gasteiger partial charge in [0.1, 0.15) is 5.75 Å². The van der Waals surface area contributed by atoms with E-state index in [0.717, 1.165) is 16.0 Å². The van der Waals surface area contributed by atoms with E-state index in [-0.39, 0.29) is 31.5 Å². The molecule has 0 aliphatic carbocycles. The lowest BCUT2D eigenvalue weighted by Crippen LogP contribution is -2.30. The van der Waals surface area contributed by atoms with Crippen molar-refractivity contribution in [3.05, 3.63) is 59.7 Å². The smallest absolute Gasteiger partial charge is 0.324 e. The van der Waals surface area contributed by atoms with Crippen molar-refractivity contribution in [2.75, 3.05) is 18.5 Å². The minimum Gasteiger partial charge on any atom is -0.483 e. The maximum absolute atomic E-state index is 12.1. The summed E-state index contributed by atoms with van der Waals surface area (Å²) in [6, 6.07) is 14.1. The van der Waals surface area contributed by atoms with Crippen LogP contribution < -0.4 is 15.4 Å². The first-order valence-electron chi connectivity index (χ1n) is 8.18. The summed E-state index contributed by atoms with van der Waals surface area (Å²) < 4.78 is 5.52. The first kappa shape index (κ1) is 17.5. The molecule has 1 fully saturated rings. The Morgan fingerprint density at radius 2 is 2.00 bits per heavy atom. The third-order valence-electron chi connectivity index (χ3n) is 3.94. The Bertz CT molecular complexity index is 834. The number of para-hydroxylation sites is 1. The lowest BCUT2D eigenvalue weighted by Gasteiger charge is -2.14. The number of anilines is 1. The van der Waals surface area contributed by atoms with Crippen molar-refractivity contribution in [1.29, 1.82) is 0 Å². The molecule has 4 amide bonds. The summed E-state index contributed by atoms with van der Waals surface area (Å²) in [6.45, 7) is 1.98. The first-order valence-corrected chi connectivity index (χ1v) is 8.18. The lowest BCUT2D eigenvalue weighted by molar-refractivity contribution is -0.125. The van der Waals surface area contributed by atoms with Crippen molar-refractivity contribution in [1.82, 2.24) is 10.2 Å². The Hall–Kier alpha value is -3.35. The van der Waals surface area contributed by atoms with Crippen molar-refractivity contribution < 1.29 is 19.1 Å². The second kappa shape index (κ2) is 7.69. The van der Waals surface area contributed by atoms with Crippen molar-refractivity contribution in [3.8, 4) is 5.75 Å². The number of nitrogens with zero attached hydrogens (tertiary/aromatic N) is 1. The number of urea groups is 1. The van der Waals surface area contributed by atoms with E-state index in [2.05, 4.69) is 10.6 Å². The lowest BCUT2D eigenvalue weighted by atomic mass is 10.2. The fourth-order valence-electron chi connectivity index (χ4n) is 2.60. The van der Waals surface area contributed by atoms with Gasteiger partial charge in [0.05, 0.1) is 13.1 Å². The molecule has 7 nitrogen and oxygen atoms in total. The van der Waals surface area contributed by atoms with Gasteiger partial charge in [-0.1, -0.05) is 30.3 Å². The van der Waals surface area contributed by atoms with Gasteiger partial charge in [0, 0.05) is 5.69 Å². The average molecular weight is 353 g/mol. The summed E-state index contributed by atoms with van der Waals surface area (Å²) in [4.78, 5) is 36.5. The standard InChI is InChI=1S/C19H19N3O4/c1-13-5-2-3-8-16(13)26-12-17(23)21-15-7-4-6-14(9-15)11-22-18(24)10-20-19(22)25/h2-9H,10-12H2,1H3,(H,20,25)(H,21,23). The summed E-state index contributed by atoms with van der Waals surface area (Å²) in [5.74, 6) is 0.103. The minimum absolute atomic E-state index is 0.0193. The molecule has 2 N–H and O–H groups in total. The maximum atomic E-state index is 12.1. The highest BCUT2D eigenvalue weighted by Gasteiger charge is 2.28. The van der Waals surface area contributed by atoms with E-state index < -0.39 is 6.03 Å². The predicted molar refractivity (Wildman–Crippen MR) is 95.7 cm³/mol. The average Bonchev–Trinajstić information content (AvgIpc) is 2.93. The van der Waals surface area contributed by atoms with Crippen LogP contribution in [0.3, 0.4) is 0 Å². The summed E-state index contributed by atoms with van der Waals surface area (Å²) in [5.41, 5.74) is 2.27. The predicted octanol–water partition coefficient (Wildman–Crippen LogP) is 2.06. The molecule has 0 unspecified atom stereocenters. The van der Waals surface area contributed by atoms with Crippen LogP contribution >= 0.6 is 0 Å². The van der Waals surface area contributed by atoms with Crippen molar-refractivity contribution in [2.45, 2.75) is 13.5 Å². The number of carbonyl (C=O) groups is 3. The van der Waals surface area contributed by atoms with E-state index in [4.69, 9.17) is 4.74 Å². The molecule has 0 aromatic heterocycles. The molecule has 1 aliphatic heterocycles. The van der Waals surface area contributed by atoms with Gasteiger partial charge in [0.2, 0.25) is 5.91 Å². The highest BCUT2D eigenvalue weighted by Crippen LogP contribution is 2.17. The monoisotopic (exact) mass is 353 g/mol. The van der Waals surface area contributed by atoms with Crippen LogP contribution in [0.4, 0.5) is 10.5 Å². The van der Waals surface area contributed by atoms with Gasteiger partial charge in [-0.2, -0.15) is 0 Å². The largest absolute Gasteiger partial charge is 0.483 e. The molecule has 1 aliphatic rings. The highest BCUT2D eigenvalue weighted by atomic mass is 16.5. The van der Waals surface area contributed by atoms with Gasteiger partial charge in [-0.3, -0.25) is 14.5 Å². The highest BCUT2D eigenvalue weighted by molar-refractivity contribution is 6.01. The third kappa shape index (κ3) is 4.18. The molecule has 0 radical (unpaired) electrons. The van der Waals surface area contributed by atoms with E-state index >= 15 is 0 Å². The summed E-state index contributed by atoms with van der Waals surface area (Å²) in [5, 5.41) is 5.23. The Balaban J connectivity index is 1.58. The summed E-state index contributed by atoms with van der Waals surface area (Å²) >= 11 is 0. The van der Waals surface area contributed by atoms with Crippen LogP contribution in [0, 0.1) is 6.92 Å². The Labute approximate surface area is 150 Å². The number of hydrogen-bond acceptors (Lipinski definition) is 4. The van der Waals surface area contributed by atoms with Crippen LogP contribution in [0.25, 0.3) is 0 Å². The fourth-order valence-corrected chi connectivity index (χ4v) is 2.60. The molecule has 0 spiro atoms. The van der Waals surface area contributed by atoms with Crippen LogP contribution in [0.2, 0.25) is 0 Å². The Morgan fingerprint density at radius 1 is 1.19 bits per heavy atom. The van der Waals surface area contributed by atoms with Crippen LogP contribution in [-0.4, -0.2) is 35.9 Å². The fraction of sp³-hybridized carbons (Fsp3) is 0.211. The second-order valence-corrected chi connectivity index (χ2v) is 5.94. The van der Waals surface area contributed by atoms with E-state index in [9.17, 15) is 14.4 Å². The van der Waals surface area contributed by atoms with Crippen LogP contribution in [0.15, 0.2) is 48.5 Å². The zero-order valence-corrected chi connectivity index (χ0v) is 14.3. The number of hydrogen-bond donors (Lipinski definition) is 2. The molecule has 2 aromatic carbocycles. The zero-order chi connectivity index (χ0) is 18.5. The normalized spacial score (nSPS) is 13.5. The van der Waals surface area contributed by atoms with Gasteiger partial charge in [0.15, 0.2) is 6.61 Å². The van der Waals surface area contributed by atoms with Gasteiger partial charge in [-0.25, -0.2) is 4.79 Å². The summed E-state index contributed by atoms with van der Waals surface area (Å²) in [7, 11) is 0. The molecule has 0 atom stereocenters. The van der Waals surface area contributed by atoms with Gasteiger partial charge in [-0.15, -0.1) is 0 Å². The number of rotatable bonds is 6. The molecular formula is C19H19N3O4. The van der Waals surface area contributed by atoms with Crippen molar-refractivity contribution in [2.24, 2.45) is 0 Å². The zero-order valence-electron chi connectivity index (χ0n) is 14.3. The van der Waals surface area contributed by atoms with E-state index in [1.807, 2.05) is 25.1 Å². The third-order valence-corrected chi connectivity index (χ3v) is 3.94. The molecule has 1 saturated heterocycles. The molecular weight excluding hydrogens is 334 g/mol. The van der Waals surface area contributed by atoms with Crippen molar-refractivity contribution >= 4 is 23.5 Å². The second-order valence-electron chi connectivity index (χ2n) is 5.94. The van der Waals surface area contributed by atoms with Gasteiger partial charge in [-0.05, 0) is 36.2 Å². The van der Waals surface area contributed by atoms with Crippen LogP contribution in [-0.2, 0) is 16.1 Å². The maximum Gasteiger partial charge on any atom is 0.324 e. The number of ether oxygens (including phenoxy) is 1. The molecule has 134 valence electrons. The molecule has 0 bridgehead atoms. The van der Waals surface area contributed by atoms with Gasteiger partial charge in [0.25, 0.3) is 5.91 Å². The minimum atomic E-state index is -0.406.